The van der Waals surface area contributed by atoms with Crippen LogP contribution in [0.1, 0.15) is 17.8 Å². The molecule has 0 radical (unpaired) electrons. The van der Waals surface area contributed by atoms with Crippen LogP contribution in [0.25, 0.3) is 11.4 Å². The highest BCUT2D eigenvalue weighted by atomic mass is 19.2. The first kappa shape index (κ1) is 94.2. The molecule has 1 heterocycles. The maximum atomic E-state index is 13.6. The molecule has 105 heavy (non-hydrogen) atoms. The van der Waals surface area contributed by atoms with Gasteiger partial charge in [0.05, 0.1) is 330 Å². The number of esters is 1. The second-order valence-electron chi connectivity index (χ2n) is 21.3. The smallest absolute Gasteiger partial charge is 0.313 e. The minimum absolute atomic E-state index is 0.0676. The fourth-order valence-electron chi connectivity index (χ4n) is 7.83. The third-order valence-corrected chi connectivity index (χ3v) is 13.1. The van der Waals surface area contributed by atoms with Crippen molar-refractivity contribution < 1.29 is 150 Å². The number of carbonyl (C=O) groups excluding carboxylic acids is 2. The molecular weight excluding hydrogens is 1410 g/mol. The van der Waals surface area contributed by atoms with E-state index in [1.165, 1.54) is 0 Å². The highest BCUT2D eigenvalue weighted by Gasteiger charge is 2.28. The zero-order valence-electron chi connectivity index (χ0n) is 60.6. The lowest BCUT2D eigenvalue weighted by atomic mass is 10.1. The summed E-state index contributed by atoms with van der Waals surface area (Å²) in [6, 6.07) is 7.39. The first-order valence-electron chi connectivity index (χ1n) is 35.1. The van der Waals surface area contributed by atoms with Crippen molar-refractivity contribution in [3.63, 3.8) is 0 Å². The van der Waals surface area contributed by atoms with E-state index < -0.39 is 47.2 Å². The molecule has 32 nitrogen and oxygen atoms in total. The molecule has 0 saturated carbocycles. The minimum atomic E-state index is -2.36. The van der Waals surface area contributed by atoms with E-state index in [1.807, 2.05) is 24.3 Å². The zero-order chi connectivity index (χ0) is 75.0. The van der Waals surface area contributed by atoms with Crippen LogP contribution in [0, 0.1) is 36.0 Å². The van der Waals surface area contributed by atoms with Gasteiger partial charge in [0.25, 0.3) is 0 Å². The average molecular weight is 1520 g/mol. The molecule has 0 spiro atoms. The summed E-state index contributed by atoms with van der Waals surface area (Å²) >= 11 is 0. The van der Waals surface area contributed by atoms with Crippen molar-refractivity contribution in [3.8, 4) is 17.1 Å². The molecule has 1 amide bonds. The Bertz CT molecular complexity index is 2470. The van der Waals surface area contributed by atoms with Crippen molar-refractivity contribution in [2.24, 2.45) is 0 Å². The minimum Gasteiger partial charge on any atom is -0.420 e. The van der Waals surface area contributed by atoms with Crippen LogP contribution in [-0.2, 0) is 130 Å². The summed E-state index contributed by atoms with van der Waals surface area (Å²) in [5, 5.41) is 18.7. The Kier molecular flexibility index (Phi) is 63.4. The van der Waals surface area contributed by atoms with Crippen molar-refractivity contribution in [1.82, 2.24) is 25.7 Å². The predicted octanol–water partition coefficient (Wildman–Crippen LogP) is 2.99. The van der Waals surface area contributed by atoms with Crippen LogP contribution in [-0.4, -0.2) is 356 Å². The lowest BCUT2D eigenvalue weighted by Crippen LogP contribution is -2.29. The second-order valence-corrected chi connectivity index (χ2v) is 21.3. The van der Waals surface area contributed by atoms with Gasteiger partial charge in [0.15, 0.2) is 5.82 Å². The molecule has 1 N–H and O–H groups in total. The number of amides is 1. The molecule has 37 heteroatoms. The van der Waals surface area contributed by atoms with Gasteiger partial charge in [0, 0.05) is 12.1 Å². The standard InChI is InChI=1S/C68H110F5N5O27/c1-57-75-77-68(78-76-57)59-4-2-58(3-5-59)56-60(79)74-7-9-82-11-13-84-15-17-86-19-21-88-23-25-90-27-29-92-31-33-94-35-37-96-39-41-98-43-45-100-47-49-102-51-53-104-55-54-103-52-50-101-48-46-99-44-42-97-40-38-95-36-34-93-32-30-91-28-26-89-24-22-87-20-18-85-16-14-83-12-10-81-8-6-61(80)105-67-65(72)63(70)62(69)64(71)66(67)73/h2-5H,6-56H2,1H3,(H,74,79). The largest absolute Gasteiger partial charge is 0.420 e. The number of rotatable bonds is 79. The number of carbonyl (C=O) groups is 2. The number of ether oxygens (including phenoxy) is 25. The normalized spacial score (nSPS) is 11.6. The molecule has 3 aromatic rings. The van der Waals surface area contributed by atoms with Crippen LogP contribution < -0.4 is 10.1 Å². The van der Waals surface area contributed by atoms with Crippen LogP contribution in [0.15, 0.2) is 24.3 Å². The lowest BCUT2D eigenvalue weighted by Gasteiger charge is -2.09. The molecule has 2 aromatic carbocycles. The molecule has 3 rings (SSSR count). The summed E-state index contributed by atoms with van der Waals surface area (Å²) in [5.41, 5.74) is 1.65. The van der Waals surface area contributed by atoms with Crippen molar-refractivity contribution in [3.05, 3.63) is 64.7 Å². The molecule has 0 atom stereocenters. The highest BCUT2D eigenvalue weighted by molar-refractivity contribution is 5.78. The highest BCUT2D eigenvalue weighted by Crippen LogP contribution is 2.29. The first-order chi connectivity index (χ1) is 51.7. The summed E-state index contributed by atoms with van der Waals surface area (Å²) in [6.45, 7) is 21.7. The van der Waals surface area contributed by atoms with Gasteiger partial charge < -0.3 is 124 Å². The van der Waals surface area contributed by atoms with E-state index in [0.717, 1.165) is 11.1 Å². The van der Waals surface area contributed by atoms with Crippen LogP contribution >= 0.6 is 0 Å². The SMILES string of the molecule is Cc1nnc(-c2ccc(CC(=O)NCCOCCOCCOCCOCCOCCOCCOCCOCCOCCOCCOCCOCCOCCOCCOCCOCCOCCOCCOCCOCCOCCOCCOCCOCCC(=O)Oc3c(F)c(F)c(F)c(F)c3F)cc2)nn1. The molecule has 0 unspecified atom stereocenters. The van der Waals surface area contributed by atoms with Gasteiger partial charge in [-0.15, -0.1) is 20.4 Å². The van der Waals surface area contributed by atoms with Gasteiger partial charge in [-0.25, -0.2) is 13.2 Å². The van der Waals surface area contributed by atoms with Crippen molar-refractivity contribution >= 4 is 11.9 Å². The molecular formula is C68H110F5N5O27. The van der Waals surface area contributed by atoms with Gasteiger partial charge in [0.1, 0.15) is 0 Å². The maximum Gasteiger partial charge on any atom is 0.313 e. The summed E-state index contributed by atoms with van der Waals surface area (Å²) < 4.78 is 203. The van der Waals surface area contributed by atoms with Gasteiger partial charge in [-0.3, -0.25) is 9.59 Å². The third-order valence-electron chi connectivity index (χ3n) is 13.1. The number of hydrogen-bond acceptors (Lipinski definition) is 31. The van der Waals surface area contributed by atoms with E-state index in [1.54, 1.807) is 6.92 Å². The van der Waals surface area contributed by atoms with Gasteiger partial charge in [-0.2, -0.15) is 8.78 Å². The number of nitrogens with one attached hydrogen (secondary N) is 1. The van der Waals surface area contributed by atoms with Crippen LogP contribution in [0.3, 0.4) is 0 Å². The molecule has 604 valence electrons. The van der Waals surface area contributed by atoms with Crippen molar-refractivity contribution in [1.29, 1.82) is 0 Å². The summed E-state index contributed by atoms with van der Waals surface area (Å²) in [5.74, 6) is -13.3. The molecule has 0 saturated heterocycles. The van der Waals surface area contributed by atoms with Crippen molar-refractivity contribution in [2.45, 2.75) is 19.8 Å². The molecule has 0 fully saturated rings. The zero-order valence-corrected chi connectivity index (χ0v) is 60.6. The molecule has 0 bridgehead atoms. The average Bonchev–Trinajstić information content (AvgIpc) is 0.803. The van der Waals surface area contributed by atoms with Crippen molar-refractivity contribution in [2.75, 3.05) is 324 Å². The van der Waals surface area contributed by atoms with Gasteiger partial charge in [0.2, 0.25) is 46.6 Å². The van der Waals surface area contributed by atoms with Crippen LogP contribution in [0.5, 0.6) is 5.75 Å². The van der Waals surface area contributed by atoms with E-state index in [4.69, 9.17) is 114 Å². The van der Waals surface area contributed by atoms with Crippen LogP contribution in [0.4, 0.5) is 22.0 Å². The summed E-state index contributed by atoms with van der Waals surface area (Å²) in [6.07, 6.45) is -0.245. The Hall–Kier alpha value is -4.99. The Labute approximate surface area is 611 Å². The Balaban J connectivity index is 0.851. The topological polar surface area (TPSA) is 328 Å². The first-order valence-corrected chi connectivity index (χ1v) is 35.1. The lowest BCUT2D eigenvalue weighted by molar-refractivity contribution is -0.136. The fraction of sp³-hybridized carbons (Fsp3) is 0.765. The van der Waals surface area contributed by atoms with E-state index in [0.29, 0.717) is 309 Å². The molecule has 0 aliphatic carbocycles. The third kappa shape index (κ3) is 56.0. The number of halogens is 5. The molecule has 0 aliphatic rings. The summed E-state index contributed by atoms with van der Waals surface area (Å²) in [4.78, 5) is 24.0. The van der Waals surface area contributed by atoms with E-state index in [2.05, 4.69) is 30.4 Å². The number of aromatic nitrogens is 4. The Morgan fingerprint density at radius 1 is 0.286 bits per heavy atom. The predicted molar refractivity (Wildman–Crippen MR) is 361 cm³/mol. The van der Waals surface area contributed by atoms with Gasteiger partial charge >= 0.3 is 5.97 Å². The van der Waals surface area contributed by atoms with Gasteiger partial charge in [-0.05, 0) is 12.5 Å². The Morgan fingerprint density at radius 3 is 0.733 bits per heavy atom. The fourth-order valence-corrected chi connectivity index (χ4v) is 7.83. The Morgan fingerprint density at radius 2 is 0.495 bits per heavy atom. The quantitative estimate of drug-likeness (QED) is 0.0212. The monoisotopic (exact) mass is 1520 g/mol. The van der Waals surface area contributed by atoms with E-state index >= 15 is 0 Å². The van der Waals surface area contributed by atoms with E-state index in [9.17, 15) is 31.5 Å². The number of nitrogens with zero attached hydrogens (tertiary/aromatic N) is 4. The number of aryl methyl sites for hydroxylation is 1. The summed E-state index contributed by atoms with van der Waals surface area (Å²) in [7, 11) is 0. The molecule has 0 aliphatic heterocycles. The van der Waals surface area contributed by atoms with E-state index in [-0.39, 0.29) is 38.8 Å². The maximum absolute atomic E-state index is 13.6. The second kappa shape index (κ2) is 70.7. The van der Waals surface area contributed by atoms with Gasteiger partial charge in [-0.1, -0.05) is 24.3 Å². The number of benzene rings is 2. The number of hydrogen-bond donors (Lipinski definition) is 1. The van der Waals surface area contributed by atoms with Crippen LogP contribution in [0.2, 0.25) is 0 Å². The molecule has 1 aromatic heterocycles.